The minimum atomic E-state index is -0.312. The molecular weight excluding hydrogens is 463 g/mol. The first-order valence-corrected chi connectivity index (χ1v) is 12.2. The van der Waals surface area contributed by atoms with Crippen molar-refractivity contribution in [1.29, 1.82) is 0 Å². The van der Waals surface area contributed by atoms with E-state index in [1.54, 1.807) is 12.1 Å². The second kappa shape index (κ2) is 10.7. The summed E-state index contributed by atoms with van der Waals surface area (Å²) < 4.78 is 24.9. The predicted octanol–water partition coefficient (Wildman–Crippen LogP) is 5.97. The lowest BCUT2D eigenvalue weighted by atomic mass is 9.92. The van der Waals surface area contributed by atoms with Crippen LogP contribution in [0.15, 0.2) is 52.7 Å². The minimum absolute atomic E-state index is 0.186. The fourth-order valence-electron chi connectivity index (χ4n) is 4.11. The van der Waals surface area contributed by atoms with E-state index < -0.39 is 0 Å². The molecule has 35 heavy (non-hydrogen) atoms. The van der Waals surface area contributed by atoms with Gasteiger partial charge < -0.3 is 19.5 Å². The summed E-state index contributed by atoms with van der Waals surface area (Å²) in [5.41, 5.74) is 5.98. The Hall–Kier alpha value is -3.10. The SMILES string of the molecule is CC1=C(c2nc(-c3ccc(F)cc3)no2)C(c2ccc(C)c(C)c2)NC(=S)N1CCCOC(C)C. The van der Waals surface area contributed by atoms with Crippen LogP contribution in [0.25, 0.3) is 17.0 Å². The molecule has 0 aliphatic carbocycles. The van der Waals surface area contributed by atoms with Crippen molar-refractivity contribution in [2.45, 2.75) is 53.2 Å². The van der Waals surface area contributed by atoms with Gasteiger partial charge in [0.15, 0.2) is 5.11 Å². The fraction of sp³-hybridized carbons (Fsp3) is 0.370. The van der Waals surface area contributed by atoms with Gasteiger partial charge in [-0.1, -0.05) is 23.4 Å². The number of aryl methyl sites for hydroxylation is 2. The molecule has 8 heteroatoms. The zero-order valence-corrected chi connectivity index (χ0v) is 21.6. The van der Waals surface area contributed by atoms with E-state index in [9.17, 15) is 4.39 Å². The third kappa shape index (κ3) is 5.60. The van der Waals surface area contributed by atoms with E-state index in [1.807, 2.05) is 20.8 Å². The molecule has 0 radical (unpaired) electrons. The Labute approximate surface area is 211 Å². The third-order valence-corrected chi connectivity index (χ3v) is 6.53. The van der Waals surface area contributed by atoms with Gasteiger partial charge >= 0.3 is 0 Å². The number of rotatable bonds is 8. The summed E-state index contributed by atoms with van der Waals surface area (Å²) in [7, 11) is 0. The molecule has 1 aliphatic heterocycles. The maximum atomic E-state index is 13.4. The van der Waals surface area contributed by atoms with Gasteiger partial charge in [0.1, 0.15) is 5.82 Å². The van der Waals surface area contributed by atoms with Gasteiger partial charge in [-0.05, 0) is 94.2 Å². The Morgan fingerprint density at radius 3 is 2.54 bits per heavy atom. The molecule has 2 heterocycles. The van der Waals surface area contributed by atoms with Gasteiger partial charge in [-0.15, -0.1) is 0 Å². The smallest absolute Gasteiger partial charge is 0.258 e. The summed E-state index contributed by atoms with van der Waals surface area (Å²) in [5, 5.41) is 8.33. The van der Waals surface area contributed by atoms with E-state index in [1.165, 1.54) is 23.3 Å². The Bertz CT molecular complexity index is 1240. The lowest BCUT2D eigenvalue weighted by Crippen LogP contribution is -2.46. The van der Waals surface area contributed by atoms with Crippen LogP contribution in [-0.2, 0) is 4.74 Å². The van der Waals surface area contributed by atoms with E-state index >= 15 is 0 Å². The minimum Gasteiger partial charge on any atom is -0.379 e. The number of allylic oxidation sites excluding steroid dienone is 1. The zero-order chi connectivity index (χ0) is 25.1. The van der Waals surface area contributed by atoms with Crippen molar-refractivity contribution in [3.05, 3.63) is 76.6 Å². The van der Waals surface area contributed by atoms with Crippen LogP contribution in [0.4, 0.5) is 4.39 Å². The Morgan fingerprint density at radius 2 is 1.86 bits per heavy atom. The van der Waals surface area contributed by atoms with Crippen LogP contribution in [-0.4, -0.2) is 39.4 Å². The topological polar surface area (TPSA) is 63.4 Å². The largest absolute Gasteiger partial charge is 0.379 e. The molecule has 2 aromatic carbocycles. The standard InChI is InChI=1S/C27H31FN4O2S/c1-16(2)33-14-6-13-32-19(5)23(24(29-27(32)35)21-8-7-17(3)18(4)15-21)26-30-25(31-34-26)20-9-11-22(28)12-10-20/h7-12,15-16,24H,6,13-14H2,1-5H3,(H,29,35). The summed E-state index contributed by atoms with van der Waals surface area (Å²) in [6.45, 7) is 11.6. The molecule has 0 spiro atoms. The van der Waals surface area contributed by atoms with Crippen LogP contribution in [0.3, 0.4) is 0 Å². The van der Waals surface area contributed by atoms with Gasteiger partial charge in [0.25, 0.3) is 5.89 Å². The van der Waals surface area contributed by atoms with Crippen molar-refractivity contribution in [2.24, 2.45) is 0 Å². The second-order valence-electron chi connectivity index (χ2n) is 9.08. The maximum Gasteiger partial charge on any atom is 0.258 e. The van der Waals surface area contributed by atoms with Crippen molar-refractivity contribution in [1.82, 2.24) is 20.4 Å². The number of nitrogens with zero attached hydrogens (tertiary/aromatic N) is 3. The second-order valence-corrected chi connectivity index (χ2v) is 9.47. The van der Waals surface area contributed by atoms with E-state index in [0.717, 1.165) is 23.3 Å². The molecule has 1 aliphatic rings. The van der Waals surface area contributed by atoms with E-state index in [2.05, 4.69) is 52.4 Å². The van der Waals surface area contributed by atoms with Crippen LogP contribution in [0.5, 0.6) is 0 Å². The molecule has 0 saturated carbocycles. The average Bonchev–Trinajstić information content (AvgIpc) is 3.30. The van der Waals surface area contributed by atoms with Crippen LogP contribution < -0.4 is 5.32 Å². The number of hydrogen-bond donors (Lipinski definition) is 1. The van der Waals surface area contributed by atoms with Gasteiger partial charge in [0.2, 0.25) is 5.82 Å². The van der Waals surface area contributed by atoms with Crippen LogP contribution >= 0.6 is 12.2 Å². The van der Waals surface area contributed by atoms with Gasteiger partial charge in [-0.2, -0.15) is 4.98 Å². The van der Waals surface area contributed by atoms with Crippen molar-refractivity contribution < 1.29 is 13.7 Å². The number of benzene rings is 2. The van der Waals surface area contributed by atoms with Crippen LogP contribution in [0, 0.1) is 19.7 Å². The van der Waals surface area contributed by atoms with E-state index in [4.69, 9.17) is 21.5 Å². The molecule has 3 aromatic rings. The predicted molar refractivity (Wildman–Crippen MR) is 139 cm³/mol. The summed E-state index contributed by atoms with van der Waals surface area (Å²) in [6.07, 6.45) is 1.01. The lowest BCUT2D eigenvalue weighted by molar-refractivity contribution is 0.0749. The number of ether oxygens (including phenoxy) is 1. The van der Waals surface area contributed by atoms with E-state index in [-0.39, 0.29) is 18.0 Å². The number of thiocarbonyl (C=S) groups is 1. The molecule has 1 N–H and O–H groups in total. The summed E-state index contributed by atoms with van der Waals surface area (Å²) in [4.78, 5) is 6.75. The van der Waals surface area contributed by atoms with Crippen molar-refractivity contribution in [3.8, 4) is 11.4 Å². The fourth-order valence-corrected chi connectivity index (χ4v) is 4.46. The van der Waals surface area contributed by atoms with Crippen molar-refractivity contribution in [2.75, 3.05) is 13.2 Å². The highest BCUT2D eigenvalue weighted by molar-refractivity contribution is 7.80. The molecule has 0 bridgehead atoms. The van der Waals surface area contributed by atoms with E-state index in [0.29, 0.717) is 35.5 Å². The normalized spacial score (nSPS) is 16.3. The number of nitrogens with one attached hydrogen (secondary N) is 1. The van der Waals surface area contributed by atoms with Gasteiger partial charge in [0.05, 0.1) is 17.7 Å². The third-order valence-electron chi connectivity index (χ3n) is 6.20. The quantitative estimate of drug-likeness (QED) is 0.306. The molecular formula is C27H31FN4O2S. The molecule has 6 nitrogen and oxygen atoms in total. The number of hydrogen-bond acceptors (Lipinski definition) is 5. The molecule has 1 atom stereocenters. The highest BCUT2D eigenvalue weighted by atomic mass is 32.1. The molecule has 1 unspecified atom stereocenters. The first kappa shape index (κ1) is 25.0. The molecule has 0 fully saturated rings. The highest BCUT2D eigenvalue weighted by Gasteiger charge is 2.34. The maximum absolute atomic E-state index is 13.4. The first-order valence-electron chi connectivity index (χ1n) is 11.8. The summed E-state index contributed by atoms with van der Waals surface area (Å²) >= 11 is 5.78. The highest BCUT2D eigenvalue weighted by Crippen LogP contribution is 2.38. The number of halogens is 1. The Morgan fingerprint density at radius 1 is 1.11 bits per heavy atom. The van der Waals surface area contributed by atoms with Gasteiger partial charge in [0, 0.05) is 24.4 Å². The Balaban J connectivity index is 1.73. The summed E-state index contributed by atoms with van der Waals surface area (Å²) in [5.74, 6) is 0.501. The molecule has 0 amide bonds. The molecule has 4 rings (SSSR count). The monoisotopic (exact) mass is 494 g/mol. The van der Waals surface area contributed by atoms with Crippen LogP contribution in [0.1, 0.15) is 55.8 Å². The van der Waals surface area contributed by atoms with Gasteiger partial charge in [-0.25, -0.2) is 4.39 Å². The average molecular weight is 495 g/mol. The molecule has 184 valence electrons. The molecule has 0 saturated heterocycles. The number of aromatic nitrogens is 2. The first-order chi connectivity index (χ1) is 16.7. The zero-order valence-electron chi connectivity index (χ0n) is 20.8. The van der Waals surface area contributed by atoms with Gasteiger partial charge in [-0.3, -0.25) is 0 Å². The molecule has 1 aromatic heterocycles. The Kier molecular flexibility index (Phi) is 7.62. The lowest BCUT2D eigenvalue weighted by Gasteiger charge is -2.37. The van der Waals surface area contributed by atoms with Crippen molar-refractivity contribution in [3.63, 3.8) is 0 Å². The van der Waals surface area contributed by atoms with Crippen LogP contribution in [0.2, 0.25) is 0 Å². The van der Waals surface area contributed by atoms with Crippen molar-refractivity contribution >= 4 is 22.9 Å². The summed E-state index contributed by atoms with van der Waals surface area (Å²) in [6, 6.07) is 12.2.